The zero-order valence-corrected chi connectivity index (χ0v) is 13.4. The Hall–Kier alpha value is -1.46. The van der Waals surface area contributed by atoms with E-state index < -0.39 is 0 Å². The molecule has 120 valence electrons. The molecule has 0 bridgehead atoms. The predicted molar refractivity (Wildman–Crippen MR) is 84.2 cm³/mol. The zero-order valence-electron chi connectivity index (χ0n) is 13.4. The van der Waals surface area contributed by atoms with Crippen LogP contribution in [0.25, 0.3) is 0 Å². The summed E-state index contributed by atoms with van der Waals surface area (Å²) < 4.78 is 6.07. The molecule has 5 nitrogen and oxygen atoms in total. The van der Waals surface area contributed by atoms with Crippen LogP contribution >= 0.6 is 0 Å². The highest BCUT2D eigenvalue weighted by Gasteiger charge is 2.41. The monoisotopic (exact) mass is 303 g/mol. The maximum Gasteiger partial charge on any atom is 0.249 e. The van der Waals surface area contributed by atoms with Gasteiger partial charge in [-0.2, -0.15) is 0 Å². The third-order valence-electron chi connectivity index (χ3n) is 4.52. The Morgan fingerprint density at radius 1 is 1.36 bits per heavy atom. The molecule has 2 aliphatic heterocycles. The van der Waals surface area contributed by atoms with Crippen molar-refractivity contribution in [1.82, 2.24) is 15.2 Å². The molecule has 1 aromatic heterocycles. The first-order valence-corrected chi connectivity index (χ1v) is 8.22. The van der Waals surface area contributed by atoms with Crippen molar-refractivity contribution < 1.29 is 9.53 Å². The number of fused-ring (bicyclic) bond motifs is 1. The molecule has 2 fully saturated rings. The molecule has 1 amide bonds. The van der Waals surface area contributed by atoms with Crippen molar-refractivity contribution in [3.05, 3.63) is 30.1 Å². The Bertz CT molecular complexity index is 506. The van der Waals surface area contributed by atoms with Gasteiger partial charge < -0.3 is 10.1 Å². The number of carbonyl (C=O) groups excluding carboxylic acids is 1. The van der Waals surface area contributed by atoms with Gasteiger partial charge in [0.1, 0.15) is 6.10 Å². The highest BCUT2D eigenvalue weighted by Crippen LogP contribution is 2.32. The number of carbonyl (C=O) groups is 1. The van der Waals surface area contributed by atoms with Gasteiger partial charge in [0.25, 0.3) is 0 Å². The number of nitrogens with zero attached hydrogens (tertiary/aromatic N) is 2. The van der Waals surface area contributed by atoms with Gasteiger partial charge in [-0.25, -0.2) is 0 Å². The molecule has 1 aromatic rings. The van der Waals surface area contributed by atoms with E-state index in [9.17, 15) is 4.79 Å². The molecule has 0 aliphatic carbocycles. The van der Waals surface area contributed by atoms with Gasteiger partial charge in [-0.05, 0) is 50.8 Å². The van der Waals surface area contributed by atoms with Crippen LogP contribution in [0.4, 0.5) is 0 Å². The molecular weight excluding hydrogens is 278 g/mol. The Balaban J connectivity index is 1.57. The molecule has 0 saturated carbocycles. The van der Waals surface area contributed by atoms with E-state index in [1.807, 2.05) is 26.2 Å². The van der Waals surface area contributed by atoms with Crippen molar-refractivity contribution in [2.45, 2.75) is 63.9 Å². The maximum absolute atomic E-state index is 12.1. The molecule has 0 radical (unpaired) electrons. The second-order valence-corrected chi connectivity index (χ2v) is 6.59. The molecule has 0 spiro atoms. The number of amides is 1. The summed E-state index contributed by atoms with van der Waals surface area (Å²) in [5.41, 5.74) is 1.29. The van der Waals surface area contributed by atoms with Crippen LogP contribution in [0.5, 0.6) is 0 Å². The minimum absolute atomic E-state index is 0.0426. The molecule has 3 atom stereocenters. The van der Waals surface area contributed by atoms with E-state index >= 15 is 0 Å². The SMILES string of the molecule is CC(C)NC(=O)[C@@H]1CC[C@@H]2[C@@H](CCN2Cc2ccncc2)O1. The number of likely N-dealkylation sites (tertiary alicyclic amines) is 1. The molecule has 3 rings (SSSR count). The van der Waals surface area contributed by atoms with Crippen LogP contribution < -0.4 is 5.32 Å². The van der Waals surface area contributed by atoms with Crippen molar-refractivity contribution in [2.24, 2.45) is 0 Å². The van der Waals surface area contributed by atoms with Crippen molar-refractivity contribution >= 4 is 5.91 Å². The van der Waals surface area contributed by atoms with Crippen molar-refractivity contribution in [3.63, 3.8) is 0 Å². The number of aromatic nitrogens is 1. The quantitative estimate of drug-likeness (QED) is 0.920. The van der Waals surface area contributed by atoms with Crippen LogP contribution in [0.1, 0.15) is 38.7 Å². The predicted octanol–water partition coefficient (Wildman–Crippen LogP) is 1.73. The molecule has 5 heteroatoms. The van der Waals surface area contributed by atoms with Crippen molar-refractivity contribution in [2.75, 3.05) is 6.54 Å². The number of hydrogen-bond acceptors (Lipinski definition) is 4. The summed E-state index contributed by atoms with van der Waals surface area (Å²) in [6.45, 7) is 5.94. The molecular formula is C17H25N3O2. The molecule has 0 aromatic carbocycles. The largest absolute Gasteiger partial charge is 0.363 e. The van der Waals surface area contributed by atoms with E-state index in [0.29, 0.717) is 6.04 Å². The first-order chi connectivity index (χ1) is 10.6. The van der Waals surface area contributed by atoms with E-state index in [4.69, 9.17) is 4.74 Å². The third-order valence-corrected chi connectivity index (χ3v) is 4.52. The van der Waals surface area contributed by atoms with Gasteiger partial charge in [-0.15, -0.1) is 0 Å². The molecule has 3 heterocycles. The van der Waals surface area contributed by atoms with Gasteiger partial charge in [0.05, 0.1) is 6.10 Å². The molecule has 22 heavy (non-hydrogen) atoms. The van der Waals surface area contributed by atoms with Crippen LogP contribution in [-0.4, -0.2) is 46.6 Å². The Morgan fingerprint density at radius 3 is 2.86 bits per heavy atom. The average Bonchev–Trinajstić information content (AvgIpc) is 2.90. The van der Waals surface area contributed by atoms with Crippen LogP contribution in [0, 0.1) is 0 Å². The smallest absolute Gasteiger partial charge is 0.249 e. The van der Waals surface area contributed by atoms with Crippen molar-refractivity contribution in [3.8, 4) is 0 Å². The lowest BCUT2D eigenvalue weighted by Gasteiger charge is -2.35. The lowest BCUT2D eigenvalue weighted by Crippen LogP contribution is -2.48. The van der Waals surface area contributed by atoms with E-state index in [2.05, 4.69) is 27.3 Å². The second-order valence-electron chi connectivity index (χ2n) is 6.59. The summed E-state index contributed by atoms with van der Waals surface area (Å²) in [5, 5.41) is 2.96. The van der Waals surface area contributed by atoms with Gasteiger partial charge in [0, 0.05) is 37.6 Å². The first kappa shape index (κ1) is 15.4. The molecule has 2 saturated heterocycles. The average molecular weight is 303 g/mol. The summed E-state index contributed by atoms with van der Waals surface area (Å²) in [7, 11) is 0. The fraction of sp³-hybridized carbons (Fsp3) is 0.647. The lowest BCUT2D eigenvalue weighted by atomic mass is 9.98. The molecule has 0 unspecified atom stereocenters. The van der Waals surface area contributed by atoms with Crippen molar-refractivity contribution in [1.29, 1.82) is 0 Å². The zero-order chi connectivity index (χ0) is 15.5. The Morgan fingerprint density at radius 2 is 2.14 bits per heavy atom. The summed E-state index contributed by atoms with van der Waals surface area (Å²) in [5.74, 6) is 0.0426. The highest BCUT2D eigenvalue weighted by atomic mass is 16.5. The summed E-state index contributed by atoms with van der Waals surface area (Å²) >= 11 is 0. The molecule has 1 N–H and O–H groups in total. The second kappa shape index (κ2) is 6.75. The fourth-order valence-electron chi connectivity index (χ4n) is 3.50. The minimum Gasteiger partial charge on any atom is -0.363 e. The third kappa shape index (κ3) is 3.47. The Kier molecular flexibility index (Phi) is 4.74. The standard InChI is InChI=1S/C17H25N3O2/c1-12(2)19-17(21)16-4-3-14-15(22-16)7-10-20(14)11-13-5-8-18-9-6-13/h5-6,8-9,12,14-16H,3-4,7,10-11H2,1-2H3,(H,19,21)/t14-,15-,16+/m1/s1. The van der Waals surface area contributed by atoms with Crippen LogP contribution in [0.15, 0.2) is 24.5 Å². The van der Waals surface area contributed by atoms with Gasteiger partial charge in [-0.1, -0.05) is 0 Å². The van der Waals surface area contributed by atoms with Crippen LogP contribution in [-0.2, 0) is 16.1 Å². The van der Waals surface area contributed by atoms with E-state index in [-0.39, 0.29) is 24.2 Å². The topological polar surface area (TPSA) is 54.5 Å². The lowest BCUT2D eigenvalue weighted by molar-refractivity contribution is -0.144. The number of rotatable bonds is 4. The van der Waals surface area contributed by atoms with Gasteiger partial charge >= 0.3 is 0 Å². The van der Waals surface area contributed by atoms with E-state index in [0.717, 1.165) is 32.4 Å². The van der Waals surface area contributed by atoms with Gasteiger partial charge in [-0.3, -0.25) is 14.7 Å². The number of nitrogens with one attached hydrogen (secondary N) is 1. The summed E-state index contributed by atoms with van der Waals surface area (Å²) in [6, 6.07) is 4.74. The maximum atomic E-state index is 12.1. The normalized spacial score (nSPS) is 28.6. The fourth-order valence-corrected chi connectivity index (χ4v) is 3.50. The summed E-state index contributed by atoms with van der Waals surface area (Å²) in [6.07, 6.45) is 6.46. The Labute approximate surface area is 132 Å². The van der Waals surface area contributed by atoms with Gasteiger partial charge in [0.15, 0.2) is 0 Å². The van der Waals surface area contributed by atoms with E-state index in [1.165, 1.54) is 5.56 Å². The number of ether oxygens (including phenoxy) is 1. The molecule has 2 aliphatic rings. The first-order valence-electron chi connectivity index (χ1n) is 8.22. The highest BCUT2D eigenvalue weighted by molar-refractivity contribution is 5.81. The number of hydrogen-bond donors (Lipinski definition) is 1. The van der Waals surface area contributed by atoms with Crippen LogP contribution in [0.2, 0.25) is 0 Å². The number of pyridine rings is 1. The minimum atomic E-state index is -0.274. The summed E-state index contributed by atoms with van der Waals surface area (Å²) in [4.78, 5) is 18.7. The van der Waals surface area contributed by atoms with E-state index in [1.54, 1.807) is 0 Å². The van der Waals surface area contributed by atoms with Crippen LogP contribution in [0.3, 0.4) is 0 Å². The van der Waals surface area contributed by atoms with Gasteiger partial charge in [0.2, 0.25) is 5.91 Å².